The van der Waals surface area contributed by atoms with E-state index in [1.807, 2.05) is 32.0 Å². The number of nitriles is 1. The molecule has 1 unspecified atom stereocenters. The first-order valence-corrected chi connectivity index (χ1v) is 9.29. The Bertz CT molecular complexity index is 1080. The summed E-state index contributed by atoms with van der Waals surface area (Å²) >= 11 is 0. The zero-order valence-corrected chi connectivity index (χ0v) is 16.0. The van der Waals surface area contributed by atoms with Gasteiger partial charge in [0.25, 0.3) is 5.56 Å². The van der Waals surface area contributed by atoms with Crippen LogP contribution in [0.15, 0.2) is 59.7 Å². The van der Waals surface area contributed by atoms with Gasteiger partial charge in [0.15, 0.2) is 0 Å². The van der Waals surface area contributed by atoms with E-state index in [9.17, 15) is 9.59 Å². The molecule has 0 saturated carbocycles. The van der Waals surface area contributed by atoms with Crippen LogP contribution in [0.5, 0.6) is 0 Å². The first kappa shape index (κ1) is 19.3. The van der Waals surface area contributed by atoms with Crippen molar-refractivity contribution in [1.82, 2.24) is 14.5 Å². The molecular formula is C22H22N4O2. The standard InChI is InChI=1S/C22H22N4O2/c1-3-26(16(2)18-10-8-17(14-23)9-11-18)21(27)12-13-25-15-24-20-7-5-4-6-19(20)22(25)28/h4-11,15-16H,3,12-13H2,1-2H3. The number of aromatic nitrogens is 2. The van der Waals surface area contributed by atoms with Crippen LogP contribution in [0.1, 0.15) is 37.4 Å². The number of amides is 1. The van der Waals surface area contributed by atoms with E-state index < -0.39 is 0 Å². The maximum absolute atomic E-state index is 12.8. The number of aryl methyl sites for hydroxylation is 1. The highest BCUT2D eigenvalue weighted by Crippen LogP contribution is 2.21. The van der Waals surface area contributed by atoms with Crippen molar-refractivity contribution < 1.29 is 4.79 Å². The quantitative estimate of drug-likeness (QED) is 0.663. The van der Waals surface area contributed by atoms with E-state index in [1.165, 1.54) is 10.9 Å². The minimum Gasteiger partial charge on any atom is -0.336 e. The third-order valence-corrected chi connectivity index (χ3v) is 4.95. The van der Waals surface area contributed by atoms with Crippen LogP contribution < -0.4 is 5.56 Å². The Balaban J connectivity index is 1.73. The molecule has 3 rings (SSSR count). The van der Waals surface area contributed by atoms with Crippen molar-refractivity contribution in [2.75, 3.05) is 6.54 Å². The Hall–Kier alpha value is -3.46. The van der Waals surface area contributed by atoms with Crippen LogP contribution in [0.25, 0.3) is 10.9 Å². The average Bonchev–Trinajstić information content (AvgIpc) is 2.74. The molecule has 1 amide bonds. The number of rotatable bonds is 6. The van der Waals surface area contributed by atoms with E-state index in [0.29, 0.717) is 23.0 Å². The van der Waals surface area contributed by atoms with Crippen LogP contribution in [-0.2, 0) is 11.3 Å². The number of hydrogen-bond acceptors (Lipinski definition) is 4. The van der Waals surface area contributed by atoms with Crippen molar-refractivity contribution in [3.8, 4) is 6.07 Å². The van der Waals surface area contributed by atoms with E-state index >= 15 is 0 Å². The molecule has 0 saturated heterocycles. The molecule has 6 heteroatoms. The van der Waals surface area contributed by atoms with Crippen molar-refractivity contribution in [2.45, 2.75) is 32.9 Å². The minimum absolute atomic E-state index is 0.0283. The topological polar surface area (TPSA) is 79.0 Å². The molecule has 28 heavy (non-hydrogen) atoms. The molecule has 1 aromatic heterocycles. The molecule has 0 radical (unpaired) electrons. The molecule has 0 spiro atoms. The van der Waals surface area contributed by atoms with Crippen LogP contribution in [0.2, 0.25) is 0 Å². The Morgan fingerprint density at radius 2 is 1.93 bits per heavy atom. The van der Waals surface area contributed by atoms with Crippen molar-refractivity contribution in [3.05, 3.63) is 76.3 Å². The molecule has 1 atom stereocenters. The van der Waals surface area contributed by atoms with Gasteiger partial charge in [-0.1, -0.05) is 24.3 Å². The average molecular weight is 374 g/mol. The van der Waals surface area contributed by atoms with Gasteiger partial charge in [-0.05, 0) is 43.7 Å². The SMILES string of the molecule is CCN(C(=O)CCn1cnc2ccccc2c1=O)C(C)c1ccc(C#N)cc1. The highest BCUT2D eigenvalue weighted by Gasteiger charge is 2.20. The van der Waals surface area contributed by atoms with Gasteiger partial charge >= 0.3 is 0 Å². The second-order valence-corrected chi connectivity index (χ2v) is 6.60. The normalized spacial score (nSPS) is 11.8. The third kappa shape index (κ3) is 3.94. The van der Waals surface area contributed by atoms with Gasteiger partial charge in [-0.3, -0.25) is 14.2 Å². The maximum atomic E-state index is 12.8. The van der Waals surface area contributed by atoms with Gasteiger partial charge in [0.2, 0.25) is 5.91 Å². The molecule has 142 valence electrons. The van der Waals surface area contributed by atoms with Gasteiger partial charge in [-0.2, -0.15) is 5.26 Å². The van der Waals surface area contributed by atoms with E-state index in [4.69, 9.17) is 5.26 Å². The molecule has 0 aliphatic heterocycles. The summed E-state index contributed by atoms with van der Waals surface area (Å²) < 4.78 is 1.49. The van der Waals surface area contributed by atoms with Gasteiger partial charge in [0.1, 0.15) is 0 Å². The lowest BCUT2D eigenvalue weighted by Gasteiger charge is -2.28. The number of nitrogens with zero attached hydrogens (tertiary/aromatic N) is 4. The minimum atomic E-state index is -0.137. The van der Waals surface area contributed by atoms with E-state index in [1.54, 1.807) is 35.2 Å². The monoisotopic (exact) mass is 374 g/mol. The second kappa shape index (κ2) is 8.49. The number of hydrogen-bond donors (Lipinski definition) is 0. The van der Waals surface area contributed by atoms with Crippen molar-refractivity contribution in [1.29, 1.82) is 5.26 Å². The highest BCUT2D eigenvalue weighted by atomic mass is 16.2. The third-order valence-electron chi connectivity index (χ3n) is 4.95. The molecule has 0 aliphatic carbocycles. The van der Waals surface area contributed by atoms with E-state index in [-0.39, 0.29) is 30.5 Å². The summed E-state index contributed by atoms with van der Waals surface area (Å²) in [6.45, 7) is 4.74. The fourth-order valence-corrected chi connectivity index (χ4v) is 3.31. The summed E-state index contributed by atoms with van der Waals surface area (Å²) in [5.41, 5.74) is 2.08. The maximum Gasteiger partial charge on any atom is 0.261 e. The van der Waals surface area contributed by atoms with Gasteiger partial charge in [-0.15, -0.1) is 0 Å². The van der Waals surface area contributed by atoms with Crippen molar-refractivity contribution in [2.24, 2.45) is 0 Å². The molecule has 0 fully saturated rings. The van der Waals surface area contributed by atoms with Crippen molar-refractivity contribution in [3.63, 3.8) is 0 Å². The molecule has 6 nitrogen and oxygen atoms in total. The summed E-state index contributed by atoms with van der Waals surface area (Å²) in [7, 11) is 0. The second-order valence-electron chi connectivity index (χ2n) is 6.60. The summed E-state index contributed by atoms with van der Waals surface area (Å²) in [6, 6.07) is 16.4. The lowest BCUT2D eigenvalue weighted by Crippen LogP contribution is -2.34. The lowest BCUT2D eigenvalue weighted by molar-refractivity contribution is -0.133. The first-order chi connectivity index (χ1) is 13.5. The molecule has 2 aromatic carbocycles. The molecule has 1 heterocycles. The lowest BCUT2D eigenvalue weighted by atomic mass is 10.0. The van der Waals surface area contributed by atoms with Crippen LogP contribution in [-0.4, -0.2) is 26.9 Å². The van der Waals surface area contributed by atoms with Crippen LogP contribution in [0, 0.1) is 11.3 Å². The number of fused-ring (bicyclic) bond motifs is 1. The molecular weight excluding hydrogens is 352 g/mol. The Morgan fingerprint density at radius 1 is 1.21 bits per heavy atom. The van der Waals surface area contributed by atoms with Gasteiger partial charge < -0.3 is 4.90 Å². The summed E-state index contributed by atoms with van der Waals surface area (Å²) in [6.07, 6.45) is 1.71. The number of benzene rings is 2. The molecule has 0 N–H and O–H groups in total. The number of carbonyl (C=O) groups excluding carboxylic acids is 1. The van der Waals surface area contributed by atoms with Gasteiger partial charge in [-0.25, -0.2) is 4.98 Å². The Labute approximate surface area is 163 Å². The largest absolute Gasteiger partial charge is 0.336 e. The van der Waals surface area contributed by atoms with E-state index in [2.05, 4.69) is 11.1 Å². The van der Waals surface area contributed by atoms with Gasteiger partial charge in [0.05, 0.1) is 34.9 Å². The molecule has 3 aromatic rings. The van der Waals surface area contributed by atoms with Crippen molar-refractivity contribution >= 4 is 16.8 Å². The zero-order chi connectivity index (χ0) is 20.1. The molecule has 0 bridgehead atoms. The first-order valence-electron chi connectivity index (χ1n) is 9.29. The Kier molecular flexibility index (Phi) is 5.85. The smallest absolute Gasteiger partial charge is 0.261 e. The van der Waals surface area contributed by atoms with E-state index in [0.717, 1.165) is 5.56 Å². The van der Waals surface area contributed by atoms with Gasteiger partial charge in [0, 0.05) is 19.5 Å². The Morgan fingerprint density at radius 3 is 2.61 bits per heavy atom. The van der Waals surface area contributed by atoms with Crippen LogP contribution in [0.4, 0.5) is 0 Å². The van der Waals surface area contributed by atoms with Crippen LogP contribution in [0.3, 0.4) is 0 Å². The highest BCUT2D eigenvalue weighted by molar-refractivity contribution is 5.78. The summed E-state index contributed by atoms with van der Waals surface area (Å²) in [4.78, 5) is 31.4. The number of carbonyl (C=O) groups is 1. The number of para-hydroxylation sites is 1. The fraction of sp³-hybridized carbons (Fsp3) is 0.273. The summed E-state index contributed by atoms with van der Waals surface area (Å²) in [5.74, 6) is -0.0283. The predicted octanol–water partition coefficient (Wildman–Crippen LogP) is 3.27. The van der Waals surface area contributed by atoms with Crippen LogP contribution >= 0.6 is 0 Å². The summed E-state index contributed by atoms with van der Waals surface area (Å²) in [5, 5.41) is 9.48. The molecule has 0 aliphatic rings. The predicted molar refractivity (Wildman–Crippen MR) is 108 cm³/mol. The fourth-order valence-electron chi connectivity index (χ4n) is 3.31. The zero-order valence-electron chi connectivity index (χ0n) is 16.0.